The van der Waals surface area contributed by atoms with E-state index in [4.69, 9.17) is 0 Å². The number of carbonyl (C=O) groups is 1. The molecule has 27 heavy (non-hydrogen) atoms. The van der Waals surface area contributed by atoms with E-state index >= 15 is 0 Å². The first-order chi connectivity index (χ1) is 12.8. The van der Waals surface area contributed by atoms with Crippen molar-refractivity contribution in [3.63, 3.8) is 0 Å². The second-order valence-corrected chi connectivity index (χ2v) is 10.6. The summed E-state index contributed by atoms with van der Waals surface area (Å²) in [5.41, 5.74) is 1.13. The van der Waals surface area contributed by atoms with Gasteiger partial charge in [-0.25, -0.2) is 0 Å². The second-order valence-electron chi connectivity index (χ2n) is 10.6. The first-order valence-corrected chi connectivity index (χ1v) is 11.0. The highest BCUT2D eigenvalue weighted by molar-refractivity contribution is 5.99. The zero-order valence-electron chi connectivity index (χ0n) is 16.6. The minimum Gasteiger partial charge on any atom is -0.304 e. The van der Waals surface area contributed by atoms with Crippen LogP contribution < -0.4 is 5.32 Å². The number of hydrogen-bond donors (Lipinski definition) is 1. The van der Waals surface area contributed by atoms with E-state index in [1.54, 1.807) is 0 Å². The zero-order chi connectivity index (χ0) is 19.0. The van der Waals surface area contributed by atoms with Gasteiger partial charge in [0.15, 0.2) is 0 Å². The van der Waals surface area contributed by atoms with Crippen LogP contribution in [0.3, 0.4) is 0 Å². The molecule has 5 aliphatic carbocycles. The summed E-state index contributed by atoms with van der Waals surface area (Å²) in [6.07, 6.45) is 11.2. The second kappa shape index (κ2) is 5.88. The fraction of sp³-hybridized carbons (Fsp3) is 0.864. The molecule has 0 radical (unpaired) electrons. The van der Waals surface area contributed by atoms with Crippen molar-refractivity contribution in [2.45, 2.75) is 90.1 Å². The van der Waals surface area contributed by atoms with Gasteiger partial charge in [0, 0.05) is 17.0 Å². The molecule has 5 rings (SSSR count). The molecule has 0 aromatic rings. The molecule has 6 atom stereocenters. The minimum atomic E-state index is -0.362. The van der Waals surface area contributed by atoms with E-state index in [0.717, 1.165) is 43.6 Å². The predicted octanol–water partition coefficient (Wildman–Crippen LogP) is 4.24. The molecule has 0 spiro atoms. The Morgan fingerprint density at radius 3 is 2.56 bits per heavy atom. The van der Waals surface area contributed by atoms with Gasteiger partial charge in [0.1, 0.15) is 0 Å². The largest absolute Gasteiger partial charge is 0.313 e. The van der Waals surface area contributed by atoms with Gasteiger partial charge in [-0.2, -0.15) is 0 Å². The molecular formula is C22H32N2O3. The third-order valence-corrected chi connectivity index (χ3v) is 9.11. The maximum atomic E-state index is 13.0. The Hall–Kier alpha value is -1.23. The molecular weight excluding hydrogens is 340 g/mol. The highest BCUT2D eigenvalue weighted by atomic mass is 16.6. The third kappa shape index (κ3) is 2.56. The minimum absolute atomic E-state index is 0.0555. The van der Waals surface area contributed by atoms with E-state index in [1.807, 2.05) is 0 Å². The van der Waals surface area contributed by atoms with Gasteiger partial charge in [0.25, 0.3) is 0 Å². The SMILES string of the molecule is C[C@@]12CCC[C@H]1[C@@H]1CCC3=C([N+](=O)[O-])C(=O)C(NC4CC4)C[C@]3(C)[C@H]1CC2. The number of nitrogens with zero attached hydrogens (tertiary/aromatic N) is 1. The normalized spacial score (nSPS) is 46.7. The Labute approximate surface area is 161 Å². The molecule has 4 saturated carbocycles. The van der Waals surface area contributed by atoms with Crippen LogP contribution in [0.5, 0.6) is 0 Å². The van der Waals surface area contributed by atoms with Crippen LogP contribution in [0.4, 0.5) is 0 Å². The number of allylic oxidation sites excluding steroid dienone is 1. The van der Waals surface area contributed by atoms with E-state index in [-0.39, 0.29) is 27.9 Å². The number of nitrogens with one attached hydrogen (secondary N) is 1. The molecule has 0 amide bonds. The van der Waals surface area contributed by atoms with Gasteiger partial charge in [0.2, 0.25) is 5.78 Å². The Morgan fingerprint density at radius 1 is 1.07 bits per heavy atom. The molecule has 5 heteroatoms. The van der Waals surface area contributed by atoms with Crippen molar-refractivity contribution >= 4 is 5.78 Å². The molecule has 148 valence electrons. The molecule has 4 fully saturated rings. The molecule has 0 heterocycles. The van der Waals surface area contributed by atoms with Crippen molar-refractivity contribution in [3.8, 4) is 0 Å². The Balaban J connectivity index is 1.54. The Bertz CT molecular complexity index is 727. The quantitative estimate of drug-likeness (QED) is 0.594. The molecule has 1 N–H and O–H groups in total. The van der Waals surface area contributed by atoms with Crippen LogP contribution in [0.2, 0.25) is 0 Å². The molecule has 0 aliphatic heterocycles. The van der Waals surface area contributed by atoms with Gasteiger partial charge >= 0.3 is 5.70 Å². The first kappa shape index (κ1) is 17.8. The van der Waals surface area contributed by atoms with Gasteiger partial charge in [-0.05, 0) is 81.0 Å². The van der Waals surface area contributed by atoms with Gasteiger partial charge in [-0.15, -0.1) is 0 Å². The summed E-state index contributed by atoms with van der Waals surface area (Å²) in [6.45, 7) is 4.74. The van der Waals surface area contributed by atoms with E-state index in [1.165, 1.54) is 32.1 Å². The van der Waals surface area contributed by atoms with E-state index in [2.05, 4.69) is 19.2 Å². The van der Waals surface area contributed by atoms with Gasteiger partial charge in [0.05, 0.1) is 11.0 Å². The van der Waals surface area contributed by atoms with Gasteiger partial charge in [-0.3, -0.25) is 14.9 Å². The zero-order valence-corrected chi connectivity index (χ0v) is 16.6. The molecule has 0 aromatic carbocycles. The number of ketones is 1. The molecule has 5 aliphatic rings. The summed E-state index contributed by atoms with van der Waals surface area (Å²) in [6, 6.07) is 0.0308. The predicted molar refractivity (Wildman–Crippen MR) is 103 cm³/mol. The van der Waals surface area contributed by atoms with Crippen LogP contribution in [-0.4, -0.2) is 22.8 Å². The average Bonchev–Trinajstić information content (AvgIpc) is 3.33. The third-order valence-electron chi connectivity index (χ3n) is 9.11. The Kier molecular flexibility index (Phi) is 3.89. The molecule has 5 nitrogen and oxygen atoms in total. The number of nitro groups is 1. The number of fused-ring (bicyclic) bond motifs is 5. The molecule has 0 saturated heterocycles. The average molecular weight is 373 g/mol. The first-order valence-electron chi connectivity index (χ1n) is 11.0. The van der Waals surface area contributed by atoms with Crippen LogP contribution in [-0.2, 0) is 4.79 Å². The van der Waals surface area contributed by atoms with E-state index in [0.29, 0.717) is 23.3 Å². The summed E-state index contributed by atoms with van der Waals surface area (Å²) in [5, 5.41) is 15.3. The van der Waals surface area contributed by atoms with Gasteiger partial charge < -0.3 is 5.32 Å². The van der Waals surface area contributed by atoms with Crippen molar-refractivity contribution in [2.75, 3.05) is 0 Å². The van der Waals surface area contributed by atoms with Crippen LogP contribution in [0.1, 0.15) is 78.1 Å². The van der Waals surface area contributed by atoms with Crippen molar-refractivity contribution in [1.29, 1.82) is 0 Å². The van der Waals surface area contributed by atoms with Crippen LogP contribution >= 0.6 is 0 Å². The number of Topliss-reactive ketones (excluding diaryl/α,β-unsaturated/α-hetero) is 1. The maximum Gasteiger partial charge on any atom is 0.313 e. The topological polar surface area (TPSA) is 72.2 Å². The fourth-order valence-electron chi connectivity index (χ4n) is 7.66. The number of hydrogen-bond acceptors (Lipinski definition) is 4. The highest BCUT2D eigenvalue weighted by Crippen LogP contribution is 2.65. The molecule has 0 aromatic heterocycles. The van der Waals surface area contributed by atoms with Crippen molar-refractivity contribution in [2.24, 2.45) is 28.6 Å². The van der Waals surface area contributed by atoms with Crippen molar-refractivity contribution in [1.82, 2.24) is 5.32 Å². The van der Waals surface area contributed by atoms with Gasteiger partial charge in [-0.1, -0.05) is 20.3 Å². The summed E-state index contributed by atoms with van der Waals surface area (Å²) < 4.78 is 0. The van der Waals surface area contributed by atoms with E-state index < -0.39 is 0 Å². The lowest BCUT2D eigenvalue weighted by Gasteiger charge is -2.57. The smallest absolute Gasteiger partial charge is 0.304 e. The lowest BCUT2D eigenvalue weighted by atomic mass is 9.47. The lowest BCUT2D eigenvalue weighted by Crippen LogP contribution is -2.55. The van der Waals surface area contributed by atoms with E-state index in [9.17, 15) is 14.9 Å². The fourth-order valence-corrected chi connectivity index (χ4v) is 7.66. The van der Waals surface area contributed by atoms with Crippen LogP contribution in [0, 0.1) is 38.7 Å². The summed E-state index contributed by atoms with van der Waals surface area (Å²) in [4.78, 5) is 24.5. The summed E-state index contributed by atoms with van der Waals surface area (Å²) >= 11 is 0. The lowest BCUT2D eigenvalue weighted by molar-refractivity contribution is -0.422. The molecule has 1 unspecified atom stereocenters. The standard InChI is InChI=1S/C22H32N2O3/c1-21-10-3-4-15(21)14-7-8-17-19(24(26)27)20(25)18(23-13-5-6-13)12-22(17,2)16(14)9-11-21/h13-16,18,23H,3-12H2,1-2H3/t14-,15-,16-,18?,21-,22+/m0/s1. The van der Waals surface area contributed by atoms with Crippen molar-refractivity contribution < 1.29 is 9.72 Å². The number of rotatable bonds is 3. The Morgan fingerprint density at radius 2 is 1.85 bits per heavy atom. The summed E-state index contributed by atoms with van der Waals surface area (Å²) in [5.74, 6) is 1.72. The molecule has 0 bridgehead atoms. The maximum absolute atomic E-state index is 13.0. The monoisotopic (exact) mass is 372 g/mol. The number of carbonyl (C=O) groups excluding carboxylic acids is 1. The van der Waals surface area contributed by atoms with Crippen LogP contribution in [0.25, 0.3) is 0 Å². The highest BCUT2D eigenvalue weighted by Gasteiger charge is 2.60. The summed E-state index contributed by atoms with van der Waals surface area (Å²) in [7, 11) is 0. The van der Waals surface area contributed by atoms with Crippen molar-refractivity contribution in [3.05, 3.63) is 21.4 Å². The van der Waals surface area contributed by atoms with Crippen LogP contribution in [0.15, 0.2) is 11.3 Å².